The van der Waals surface area contributed by atoms with E-state index in [1.54, 1.807) is 44.2 Å². The fourth-order valence-corrected chi connectivity index (χ4v) is 3.40. The number of amides is 1. The Hall–Kier alpha value is -1.82. The lowest BCUT2D eigenvalue weighted by molar-refractivity contribution is -0.148. The van der Waals surface area contributed by atoms with Gasteiger partial charge >= 0.3 is 5.97 Å². The highest BCUT2D eigenvalue weighted by Crippen LogP contribution is 2.39. The van der Waals surface area contributed by atoms with Crippen LogP contribution in [0.1, 0.15) is 24.2 Å². The Bertz CT molecular complexity index is 556. The van der Waals surface area contributed by atoms with E-state index in [1.165, 1.54) is 16.7 Å². The quantitative estimate of drug-likeness (QED) is 0.677. The maximum absolute atomic E-state index is 12.4. The molecule has 1 amide bonds. The van der Waals surface area contributed by atoms with Crippen LogP contribution in [0.5, 0.6) is 0 Å². The minimum atomic E-state index is -1.09. The number of carboxylic acids is 1. The number of aliphatic carboxylic acids is 1. The van der Waals surface area contributed by atoms with Crippen LogP contribution < -0.4 is 0 Å². The van der Waals surface area contributed by atoms with Crippen molar-refractivity contribution in [2.24, 2.45) is 0 Å². The van der Waals surface area contributed by atoms with Crippen LogP contribution in [0, 0.1) is 0 Å². The van der Waals surface area contributed by atoms with Crippen LogP contribution in [0.4, 0.5) is 0 Å². The van der Waals surface area contributed by atoms with Crippen molar-refractivity contribution in [2.75, 3.05) is 5.75 Å². The minimum Gasteiger partial charge on any atom is -0.480 e. The first-order valence-electron chi connectivity index (χ1n) is 6.14. The maximum atomic E-state index is 12.4. The maximum Gasteiger partial charge on any atom is 0.327 e. The lowest BCUT2D eigenvalue weighted by Gasteiger charge is -2.32. The molecule has 0 unspecified atom stereocenters. The van der Waals surface area contributed by atoms with E-state index in [0.29, 0.717) is 0 Å². The fraction of sp³-hybridized carbons (Fsp3) is 0.357. The van der Waals surface area contributed by atoms with Crippen LogP contribution in [-0.2, 0) is 9.59 Å². The minimum absolute atomic E-state index is 0.273. The fourth-order valence-electron chi connectivity index (χ4n) is 2.19. The largest absolute Gasteiger partial charge is 0.480 e. The molecule has 20 heavy (non-hydrogen) atoms. The molecule has 1 aliphatic heterocycles. The lowest BCUT2D eigenvalue weighted by Crippen LogP contribution is -2.52. The molecule has 0 aromatic heterocycles. The second-order valence-corrected chi connectivity index (χ2v) is 6.60. The van der Waals surface area contributed by atoms with E-state index >= 15 is 0 Å². The normalized spacial score (nSPS) is 20.7. The average Bonchev–Trinajstić information content (AvgIpc) is 2.74. The monoisotopic (exact) mass is 293 g/mol. The summed E-state index contributed by atoms with van der Waals surface area (Å²) in [4.78, 5) is 36.3. The van der Waals surface area contributed by atoms with Crippen molar-refractivity contribution in [3.63, 3.8) is 0 Å². The van der Waals surface area contributed by atoms with Gasteiger partial charge in [-0.3, -0.25) is 9.59 Å². The van der Waals surface area contributed by atoms with Crippen LogP contribution >= 0.6 is 11.8 Å². The van der Waals surface area contributed by atoms with Gasteiger partial charge < -0.3 is 10.0 Å². The number of carbonyl (C=O) groups is 3. The van der Waals surface area contributed by atoms with Crippen molar-refractivity contribution in [3.8, 4) is 0 Å². The Labute approximate surface area is 121 Å². The Morgan fingerprint density at radius 3 is 2.40 bits per heavy atom. The zero-order valence-corrected chi connectivity index (χ0v) is 12.0. The van der Waals surface area contributed by atoms with Gasteiger partial charge in [-0.2, -0.15) is 0 Å². The summed E-state index contributed by atoms with van der Waals surface area (Å²) in [5.41, 5.74) is 0.273. The number of benzene rings is 1. The molecule has 0 aliphatic carbocycles. The molecular weight excluding hydrogens is 278 g/mol. The number of Topliss-reactive ketones (excluding diaryl/α,β-unsaturated/α-hetero) is 1. The highest BCUT2D eigenvalue weighted by Gasteiger charge is 2.48. The molecule has 1 saturated heterocycles. The van der Waals surface area contributed by atoms with Gasteiger partial charge in [-0.15, -0.1) is 11.8 Å². The van der Waals surface area contributed by atoms with Gasteiger partial charge in [0, 0.05) is 11.3 Å². The van der Waals surface area contributed by atoms with Crippen molar-refractivity contribution in [2.45, 2.75) is 24.8 Å². The van der Waals surface area contributed by atoms with E-state index in [4.69, 9.17) is 0 Å². The molecule has 106 valence electrons. The number of nitrogens with zero attached hydrogens (tertiary/aromatic N) is 1. The van der Waals surface area contributed by atoms with Crippen molar-refractivity contribution in [1.29, 1.82) is 0 Å². The van der Waals surface area contributed by atoms with Crippen molar-refractivity contribution in [1.82, 2.24) is 4.90 Å². The van der Waals surface area contributed by atoms with Gasteiger partial charge in [0.1, 0.15) is 6.04 Å². The molecule has 1 fully saturated rings. The summed E-state index contributed by atoms with van der Waals surface area (Å²) < 4.78 is 0. The molecule has 1 atom stereocenters. The zero-order valence-electron chi connectivity index (χ0n) is 11.2. The molecular formula is C14H15NO4S. The first-order chi connectivity index (χ1) is 9.34. The van der Waals surface area contributed by atoms with Crippen LogP contribution in [0.3, 0.4) is 0 Å². The Balaban J connectivity index is 2.31. The first-order valence-corrected chi connectivity index (χ1v) is 7.13. The second-order valence-electron chi connectivity index (χ2n) is 4.98. The third kappa shape index (κ3) is 2.56. The number of hydrogen-bond donors (Lipinski definition) is 1. The third-order valence-electron chi connectivity index (χ3n) is 3.22. The predicted molar refractivity (Wildman–Crippen MR) is 75.6 cm³/mol. The molecule has 2 rings (SSSR count). The second kappa shape index (κ2) is 5.28. The predicted octanol–water partition coefficient (Wildman–Crippen LogP) is 1.63. The SMILES string of the molecule is CC1(C)SC[C@@H](C(=O)O)N1C(=O)C(=O)c1ccccc1. The molecule has 1 aromatic rings. The van der Waals surface area contributed by atoms with Crippen molar-refractivity contribution < 1.29 is 19.5 Å². The summed E-state index contributed by atoms with van der Waals surface area (Å²) in [6.07, 6.45) is 0. The molecule has 1 heterocycles. The average molecular weight is 293 g/mol. The molecule has 0 radical (unpaired) electrons. The van der Waals surface area contributed by atoms with E-state index in [1.807, 2.05) is 0 Å². The van der Waals surface area contributed by atoms with Gasteiger partial charge in [0.25, 0.3) is 5.91 Å². The highest BCUT2D eigenvalue weighted by molar-refractivity contribution is 8.00. The van der Waals surface area contributed by atoms with Crippen molar-refractivity contribution in [3.05, 3.63) is 35.9 Å². The van der Waals surface area contributed by atoms with Crippen LogP contribution in [0.15, 0.2) is 30.3 Å². The summed E-state index contributed by atoms with van der Waals surface area (Å²) in [5.74, 6) is -2.24. The molecule has 0 saturated carbocycles. The molecule has 0 spiro atoms. The van der Waals surface area contributed by atoms with Crippen molar-refractivity contribution >= 4 is 29.4 Å². The number of hydrogen-bond acceptors (Lipinski definition) is 4. The van der Waals surface area contributed by atoms with Crippen LogP contribution in [0.2, 0.25) is 0 Å². The van der Waals surface area contributed by atoms with E-state index < -0.39 is 28.6 Å². The topological polar surface area (TPSA) is 74.7 Å². The third-order valence-corrected chi connectivity index (χ3v) is 4.61. The summed E-state index contributed by atoms with van der Waals surface area (Å²) in [6, 6.07) is 7.21. The smallest absolute Gasteiger partial charge is 0.327 e. The summed E-state index contributed by atoms with van der Waals surface area (Å²) in [6.45, 7) is 3.49. The number of ketones is 1. The Kier molecular flexibility index (Phi) is 3.85. The highest BCUT2D eigenvalue weighted by atomic mass is 32.2. The molecule has 1 N–H and O–H groups in total. The molecule has 1 aromatic carbocycles. The van der Waals surface area contributed by atoms with Crippen LogP contribution in [-0.4, -0.2) is 44.3 Å². The zero-order chi connectivity index (χ0) is 14.9. The number of thioether (sulfide) groups is 1. The van der Waals surface area contributed by atoms with Gasteiger partial charge in [0.2, 0.25) is 5.78 Å². The van der Waals surface area contributed by atoms with Gasteiger partial charge in [-0.25, -0.2) is 4.79 Å². The first kappa shape index (κ1) is 14.6. The van der Waals surface area contributed by atoms with Gasteiger partial charge in [-0.1, -0.05) is 30.3 Å². The number of carbonyl (C=O) groups excluding carboxylic acids is 2. The number of rotatable bonds is 3. The number of carboxylic acid groups (broad SMARTS) is 1. The lowest BCUT2D eigenvalue weighted by atomic mass is 10.1. The van der Waals surface area contributed by atoms with Crippen LogP contribution in [0.25, 0.3) is 0 Å². The summed E-state index contributed by atoms with van der Waals surface area (Å²) >= 11 is 1.36. The van der Waals surface area contributed by atoms with Gasteiger partial charge in [0.15, 0.2) is 0 Å². The van der Waals surface area contributed by atoms with Gasteiger partial charge in [-0.05, 0) is 13.8 Å². The molecule has 0 bridgehead atoms. The van der Waals surface area contributed by atoms with E-state index in [9.17, 15) is 19.5 Å². The standard InChI is InChI=1S/C14H15NO4S/c1-14(2)15(10(8-20-14)13(18)19)12(17)11(16)9-6-4-3-5-7-9/h3-7,10H,8H2,1-2H3,(H,18,19)/t10-/m0/s1. The molecule has 6 heteroatoms. The molecule has 5 nitrogen and oxygen atoms in total. The Morgan fingerprint density at radius 2 is 1.85 bits per heavy atom. The summed E-state index contributed by atoms with van der Waals surface area (Å²) in [5, 5.41) is 9.20. The van der Waals surface area contributed by atoms with E-state index in [0.717, 1.165) is 0 Å². The Morgan fingerprint density at radius 1 is 1.25 bits per heavy atom. The van der Waals surface area contributed by atoms with Gasteiger partial charge in [0.05, 0.1) is 4.87 Å². The van der Waals surface area contributed by atoms with E-state index in [2.05, 4.69) is 0 Å². The molecule has 1 aliphatic rings. The summed E-state index contributed by atoms with van der Waals surface area (Å²) in [7, 11) is 0. The van der Waals surface area contributed by atoms with E-state index in [-0.39, 0.29) is 11.3 Å².